The van der Waals surface area contributed by atoms with Crippen LogP contribution < -0.4 is 10.5 Å². The molecule has 0 radical (unpaired) electrons. The van der Waals surface area contributed by atoms with Gasteiger partial charge in [-0.05, 0) is 45.0 Å². The average molecular weight is 426 g/mol. The zero-order valence-electron chi connectivity index (χ0n) is 18.3. The fraction of sp³-hybridized carbons (Fsp3) is 0.200. The van der Waals surface area contributed by atoms with Gasteiger partial charge in [-0.2, -0.15) is 0 Å². The summed E-state index contributed by atoms with van der Waals surface area (Å²) in [5.74, 6) is 8.09. The molecule has 0 saturated carbocycles. The Labute approximate surface area is 185 Å². The highest BCUT2D eigenvalue weighted by Crippen LogP contribution is 2.26. The van der Waals surface area contributed by atoms with Gasteiger partial charge >= 0.3 is 0 Å². The molecule has 2 heterocycles. The van der Waals surface area contributed by atoms with E-state index in [0.717, 1.165) is 11.3 Å². The summed E-state index contributed by atoms with van der Waals surface area (Å²) in [5.41, 5.74) is 7.24. The molecule has 32 heavy (non-hydrogen) atoms. The lowest BCUT2D eigenvalue weighted by Gasteiger charge is -2.12. The lowest BCUT2D eigenvalue weighted by atomic mass is 9.94. The molecule has 2 N–H and O–H groups in total. The number of oxazole rings is 1. The molecule has 0 aliphatic carbocycles. The highest BCUT2D eigenvalue weighted by Gasteiger charge is 2.23. The Bertz CT molecular complexity index is 1390. The number of nitrogens with two attached hydrogens (primary N) is 1. The third-order valence-corrected chi connectivity index (χ3v) is 4.93. The van der Waals surface area contributed by atoms with Crippen LogP contribution in [0.1, 0.15) is 41.6 Å². The van der Waals surface area contributed by atoms with Crippen molar-refractivity contribution in [2.45, 2.75) is 26.2 Å². The van der Waals surface area contributed by atoms with Gasteiger partial charge < -0.3 is 14.9 Å². The minimum atomic E-state index is -0.622. The molecule has 0 aliphatic rings. The van der Waals surface area contributed by atoms with Crippen LogP contribution in [-0.2, 0) is 5.41 Å². The summed E-state index contributed by atoms with van der Waals surface area (Å²) in [6.45, 7) is 5.76. The maximum atomic E-state index is 12.0. The largest absolute Gasteiger partial charge is 0.497 e. The Morgan fingerprint density at radius 2 is 1.97 bits per heavy atom. The molecule has 4 rings (SSSR count). The molecule has 160 valence electrons. The summed E-state index contributed by atoms with van der Waals surface area (Å²) >= 11 is 0. The molecule has 4 aromatic rings. The summed E-state index contributed by atoms with van der Waals surface area (Å²) in [4.78, 5) is 25.4. The van der Waals surface area contributed by atoms with E-state index in [1.54, 1.807) is 31.5 Å². The number of fused-ring (bicyclic) bond motifs is 1. The van der Waals surface area contributed by atoms with E-state index in [0.29, 0.717) is 33.9 Å². The van der Waals surface area contributed by atoms with Gasteiger partial charge in [0.25, 0.3) is 5.91 Å². The molecule has 0 spiro atoms. The molecule has 0 fully saturated rings. The van der Waals surface area contributed by atoms with Crippen molar-refractivity contribution in [1.82, 2.24) is 15.0 Å². The number of amides is 1. The maximum Gasteiger partial charge on any atom is 0.268 e. The van der Waals surface area contributed by atoms with E-state index in [1.807, 2.05) is 45.0 Å². The highest BCUT2D eigenvalue weighted by atomic mass is 16.5. The Morgan fingerprint density at radius 3 is 2.66 bits per heavy atom. The van der Waals surface area contributed by atoms with Crippen LogP contribution in [0.15, 0.2) is 53.1 Å². The fourth-order valence-corrected chi connectivity index (χ4v) is 3.21. The van der Waals surface area contributed by atoms with Gasteiger partial charge in [-0.15, -0.1) is 0 Å². The van der Waals surface area contributed by atoms with E-state index >= 15 is 0 Å². The first-order valence-corrected chi connectivity index (χ1v) is 9.99. The number of primary amides is 1. The molecule has 2 aromatic carbocycles. The number of hydrogen-bond acceptors (Lipinski definition) is 6. The van der Waals surface area contributed by atoms with Gasteiger partial charge in [0.1, 0.15) is 22.6 Å². The number of aromatic nitrogens is 3. The summed E-state index contributed by atoms with van der Waals surface area (Å²) in [5, 5.41) is 0.570. The maximum absolute atomic E-state index is 12.0. The fourth-order valence-electron chi connectivity index (χ4n) is 3.21. The smallest absolute Gasteiger partial charge is 0.268 e. The van der Waals surface area contributed by atoms with E-state index in [2.05, 4.69) is 26.8 Å². The summed E-state index contributed by atoms with van der Waals surface area (Å²) in [7, 11) is 1.57. The Kier molecular flexibility index (Phi) is 5.37. The molecular formula is C25H22N4O3. The number of nitrogens with zero attached hydrogens (tertiary/aromatic N) is 3. The predicted molar refractivity (Wildman–Crippen MR) is 121 cm³/mol. The van der Waals surface area contributed by atoms with Gasteiger partial charge in [-0.3, -0.25) is 4.79 Å². The van der Waals surface area contributed by atoms with Crippen LogP contribution in [0.5, 0.6) is 5.75 Å². The zero-order valence-corrected chi connectivity index (χ0v) is 18.3. The third-order valence-electron chi connectivity index (χ3n) is 4.93. The second-order valence-electron chi connectivity index (χ2n) is 7.88. The van der Waals surface area contributed by atoms with Gasteiger partial charge in [0.2, 0.25) is 5.89 Å². The number of rotatable bonds is 4. The topological polar surface area (TPSA) is 104 Å². The number of carbonyl (C=O) groups is 1. The first-order chi connectivity index (χ1) is 15.3. The van der Waals surface area contributed by atoms with Gasteiger partial charge in [0.15, 0.2) is 5.82 Å². The van der Waals surface area contributed by atoms with Crippen LogP contribution in [0.4, 0.5) is 0 Å². The van der Waals surface area contributed by atoms with Crippen molar-refractivity contribution >= 4 is 16.8 Å². The third kappa shape index (κ3) is 4.16. The number of carbonyl (C=O) groups excluding carboxylic acids is 1. The monoisotopic (exact) mass is 426 g/mol. The quantitative estimate of drug-likeness (QED) is 0.494. The van der Waals surface area contributed by atoms with E-state index in [1.165, 1.54) is 0 Å². The van der Waals surface area contributed by atoms with Crippen LogP contribution in [-0.4, -0.2) is 28.0 Å². The van der Waals surface area contributed by atoms with Crippen LogP contribution in [0.25, 0.3) is 22.3 Å². The Balaban J connectivity index is 1.76. The van der Waals surface area contributed by atoms with Crippen LogP contribution in [0, 0.1) is 18.8 Å². The number of aryl methyl sites for hydroxylation is 1. The van der Waals surface area contributed by atoms with Gasteiger partial charge in [0, 0.05) is 22.6 Å². The summed E-state index contributed by atoms with van der Waals surface area (Å²) in [6, 6.07) is 12.7. The molecule has 2 aromatic heterocycles. The van der Waals surface area contributed by atoms with E-state index in [4.69, 9.17) is 14.9 Å². The van der Waals surface area contributed by atoms with Crippen molar-refractivity contribution in [3.05, 3.63) is 71.6 Å². The van der Waals surface area contributed by atoms with Crippen LogP contribution in [0.3, 0.4) is 0 Å². The molecule has 7 nitrogen and oxygen atoms in total. The summed E-state index contributed by atoms with van der Waals surface area (Å²) < 4.78 is 10.9. The second kappa shape index (κ2) is 8.16. The first kappa shape index (κ1) is 21.1. The normalized spacial score (nSPS) is 11.1. The molecular weight excluding hydrogens is 404 g/mol. The van der Waals surface area contributed by atoms with Crippen LogP contribution >= 0.6 is 0 Å². The zero-order chi connectivity index (χ0) is 22.9. The molecule has 0 saturated heterocycles. The molecule has 0 bridgehead atoms. The van der Waals surface area contributed by atoms with Crippen molar-refractivity contribution in [2.75, 3.05) is 7.11 Å². The van der Waals surface area contributed by atoms with Gasteiger partial charge in [-0.25, -0.2) is 15.0 Å². The summed E-state index contributed by atoms with van der Waals surface area (Å²) in [6.07, 6.45) is 1.68. The number of methoxy groups -OCH3 is 1. The molecule has 0 aliphatic heterocycles. The minimum absolute atomic E-state index is 0.157. The van der Waals surface area contributed by atoms with Gasteiger partial charge in [-0.1, -0.05) is 24.0 Å². The molecule has 1 amide bonds. The van der Waals surface area contributed by atoms with E-state index in [-0.39, 0.29) is 5.69 Å². The van der Waals surface area contributed by atoms with E-state index < -0.39 is 11.3 Å². The van der Waals surface area contributed by atoms with Crippen molar-refractivity contribution in [3.8, 4) is 29.0 Å². The second-order valence-corrected chi connectivity index (χ2v) is 7.88. The lowest BCUT2D eigenvalue weighted by molar-refractivity contribution is 0.0997. The van der Waals surface area contributed by atoms with E-state index in [9.17, 15) is 4.79 Å². The number of ether oxygens (including phenoxy) is 1. The number of hydrogen-bond donors (Lipinski definition) is 1. The van der Waals surface area contributed by atoms with Crippen LogP contribution in [0.2, 0.25) is 0 Å². The Hall–Kier alpha value is -4.18. The first-order valence-electron chi connectivity index (χ1n) is 9.99. The van der Waals surface area contributed by atoms with Crippen molar-refractivity contribution in [2.24, 2.45) is 5.73 Å². The molecule has 0 unspecified atom stereocenters. The standard InChI is InChI=1S/C25H22N4O3/c1-15-14-27-24(32-15)25(2,3)11-10-16-6-5-7-17(12-16)23-28-20-13-18(31-4)8-9-19(20)21(29-23)22(26)30/h5-9,12-14H,1-4H3,(H2,26,30). The highest BCUT2D eigenvalue weighted by molar-refractivity contribution is 6.04. The lowest BCUT2D eigenvalue weighted by Crippen LogP contribution is -2.15. The van der Waals surface area contributed by atoms with Gasteiger partial charge in [0.05, 0.1) is 18.8 Å². The van der Waals surface area contributed by atoms with Crippen molar-refractivity contribution < 1.29 is 13.9 Å². The molecule has 0 atom stereocenters. The average Bonchev–Trinajstić information content (AvgIpc) is 3.24. The van der Waals surface area contributed by atoms with Crippen molar-refractivity contribution in [3.63, 3.8) is 0 Å². The van der Waals surface area contributed by atoms with Crippen molar-refractivity contribution in [1.29, 1.82) is 0 Å². The Morgan fingerprint density at radius 1 is 1.16 bits per heavy atom. The minimum Gasteiger partial charge on any atom is -0.497 e. The predicted octanol–water partition coefficient (Wildman–Crippen LogP) is 4.03. The SMILES string of the molecule is COc1ccc2c(C(N)=O)nc(-c3cccc(C#CC(C)(C)c4ncc(C)o4)c3)nc2c1. The molecule has 7 heteroatoms. The number of benzene rings is 2.